The van der Waals surface area contributed by atoms with Gasteiger partial charge in [-0.2, -0.15) is 0 Å². The molecule has 0 spiro atoms. The summed E-state index contributed by atoms with van der Waals surface area (Å²) in [7, 11) is 0. The number of aryl methyl sites for hydroxylation is 1. The van der Waals surface area contributed by atoms with Crippen molar-refractivity contribution < 1.29 is 9.53 Å². The van der Waals surface area contributed by atoms with Gasteiger partial charge in [0.05, 0.1) is 5.92 Å². The zero-order valence-electron chi connectivity index (χ0n) is 13.9. The van der Waals surface area contributed by atoms with Crippen molar-refractivity contribution in [3.63, 3.8) is 0 Å². The largest absolute Gasteiger partial charge is 0.489 e. The van der Waals surface area contributed by atoms with Crippen LogP contribution in [0.3, 0.4) is 0 Å². The lowest BCUT2D eigenvalue weighted by molar-refractivity contribution is -0.119. The number of hydrogen-bond donors (Lipinski definition) is 2. The van der Waals surface area contributed by atoms with E-state index >= 15 is 0 Å². The van der Waals surface area contributed by atoms with E-state index in [2.05, 4.69) is 24.4 Å². The molecule has 2 unspecified atom stereocenters. The normalized spacial score (nSPS) is 13.2. The summed E-state index contributed by atoms with van der Waals surface area (Å²) in [6.07, 6.45) is 0. The first-order valence-electron chi connectivity index (χ1n) is 7.80. The van der Waals surface area contributed by atoms with E-state index in [9.17, 15) is 4.79 Å². The molecule has 4 heteroatoms. The lowest BCUT2D eigenvalue weighted by Gasteiger charge is -2.16. The number of carbonyl (C=O) groups excluding carboxylic acids is 1. The summed E-state index contributed by atoms with van der Waals surface area (Å²) in [5, 5.41) is 2.87. The summed E-state index contributed by atoms with van der Waals surface area (Å²) in [6.45, 7) is 6.19. The standard InChI is InChI=1S/C19H24N2O2/c1-13-6-4-7-16(10-13)12-23-18-9-5-8-17(11-18)21-19(22)14(2)15(3)20/h4-11,14-15H,12,20H2,1-3H3,(H,21,22). The third kappa shape index (κ3) is 5.11. The van der Waals surface area contributed by atoms with Crippen molar-refractivity contribution in [1.82, 2.24) is 0 Å². The Morgan fingerprint density at radius 1 is 1.17 bits per heavy atom. The smallest absolute Gasteiger partial charge is 0.228 e. The summed E-state index contributed by atoms with van der Waals surface area (Å²) < 4.78 is 5.80. The average Bonchev–Trinajstić information content (AvgIpc) is 2.52. The zero-order chi connectivity index (χ0) is 16.8. The topological polar surface area (TPSA) is 64.3 Å². The molecular formula is C19H24N2O2. The van der Waals surface area contributed by atoms with Crippen LogP contribution >= 0.6 is 0 Å². The average molecular weight is 312 g/mol. The van der Waals surface area contributed by atoms with Crippen LogP contribution in [0.2, 0.25) is 0 Å². The van der Waals surface area contributed by atoms with Crippen molar-refractivity contribution in [3.05, 3.63) is 59.7 Å². The van der Waals surface area contributed by atoms with Crippen molar-refractivity contribution >= 4 is 11.6 Å². The van der Waals surface area contributed by atoms with E-state index in [1.54, 1.807) is 0 Å². The van der Waals surface area contributed by atoms with Crippen LogP contribution in [-0.4, -0.2) is 11.9 Å². The fourth-order valence-corrected chi connectivity index (χ4v) is 2.13. The Labute approximate surface area is 137 Å². The van der Waals surface area contributed by atoms with Gasteiger partial charge in [-0.1, -0.05) is 42.8 Å². The van der Waals surface area contributed by atoms with Crippen LogP contribution in [-0.2, 0) is 11.4 Å². The molecule has 0 aliphatic rings. The van der Waals surface area contributed by atoms with Gasteiger partial charge >= 0.3 is 0 Å². The number of hydrogen-bond acceptors (Lipinski definition) is 3. The molecule has 0 bridgehead atoms. The number of nitrogens with one attached hydrogen (secondary N) is 1. The molecule has 23 heavy (non-hydrogen) atoms. The lowest BCUT2D eigenvalue weighted by atomic mass is 10.0. The Bertz CT molecular complexity index is 668. The molecule has 2 atom stereocenters. The highest BCUT2D eigenvalue weighted by atomic mass is 16.5. The maximum absolute atomic E-state index is 12.1. The van der Waals surface area contributed by atoms with Gasteiger partial charge in [-0.3, -0.25) is 4.79 Å². The Hall–Kier alpha value is -2.33. The number of rotatable bonds is 6. The number of anilines is 1. The third-order valence-corrected chi connectivity index (χ3v) is 3.79. The first kappa shape index (κ1) is 17.0. The number of amides is 1. The SMILES string of the molecule is Cc1cccc(COc2cccc(NC(=O)C(C)C(C)N)c2)c1. The molecule has 0 fully saturated rings. The van der Waals surface area contributed by atoms with Crippen molar-refractivity contribution in [2.75, 3.05) is 5.32 Å². The first-order chi connectivity index (χ1) is 11.0. The van der Waals surface area contributed by atoms with E-state index in [1.165, 1.54) is 5.56 Å². The maximum Gasteiger partial charge on any atom is 0.228 e. The second kappa shape index (κ2) is 7.79. The molecule has 3 N–H and O–H groups in total. The van der Waals surface area contributed by atoms with Gasteiger partial charge in [0.15, 0.2) is 0 Å². The lowest BCUT2D eigenvalue weighted by Crippen LogP contribution is -2.34. The van der Waals surface area contributed by atoms with Crippen LogP contribution in [0.4, 0.5) is 5.69 Å². The van der Waals surface area contributed by atoms with E-state index in [-0.39, 0.29) is 17.9 Å². The number of carbonyl (C=O) groups is 1. The van der Waals surface area contributed by atoms with E-state index < -0.39 is 0 Å². The van der Waals surface area contributed by atoms with Crippen LogP contribution < -0.4 is 15.8 Å². The number of nitrogens with two attached hydrogens (primary N) is 1. The monoisotopic (exact) mass is 312 g/mol. The van der Waals surface area contributed by atoms with Gasteiger partial charge < -0.3 is 15.8 Å². The van der Waals surface area contributed by atoms with Crippen LogP contribution in [0.5, 0.6) is 5.75 Å². The minimum Gasteiger partial charge on any atom is -0.489 e. The van der Waals surface area contributed by atoms with Crippen LogP contribution in [0.1, 0.15) is 25.0 Å². The molecular weight excluding hydrogens is 288 g/mol. The summed E-state index contributed by atoms with van der Waals surface area (Å²) in [5.74, 6) is 0.389. The van der Waals surface area contributed by atoms with Crippen molar-refractivity contribution in [2.45, 2.75) is 33.4 Å². The highest BCUT2D eigenvalue weighted by Crippen LogP contribution is 2.19. The molecule has 0 aliphatic carbocycles. The molecule has 0 heterocycles. The van der Waals surface area contributed by atoms with Crippen LogP contribution in [0.15, 0.2) is 48.5 Å². The number of ether oxygens (including phenoxy) is 1. The highest BCUT2D eigenvalue weighted by molar-refractivity contribution is 5.92. The van der Waals surface area contributed by atoms with E-state index in [0.29, 0.717) is 12.3 Å². The molecule has 0 aromatic heterocycles. The zero-order valence-corrected chi connectivity index (χ0v) is 13.9. The summed E-state index contributed by atoms with van der Waals surface area (Å²) in [5.41, 5.74) is 8.79. The van der Waals surface area contributed by atoms with E-state index in [4.69, 9.17) is 10.5 Å². The maximum atomic E-state index is 12.1. The summed E-state index contributed by atoms with van der Waals surface area (Å²) in [6, 6.07) is 15.4. The predicted octanol–water partition coefficient (Wildman–Crippen LogP) is 3.50. The Morgan fingerprint density at radius 2 is 1.91 bits per heavy atom. The first-order valence-corrected chi connectivity index (χ1v) is 7.80. The van der Waals surface area contributed by atoms with Crippen molar-refractivity contribution in [2.24, 2.45) is 11.7 Å². The van der Waals surface area contributed by atoms with Gasteiger partial charge in [-0.25, -0.2) is 0 Å². The van der Waals surface area contributed by atoms with Gasteiger partial charge in [0.25, 0.3) is 0 Å². The van der Waals surface area contributed by atoms with E-state index in [1.807, 2.05) is 50.2 Å². The Morgan fingerprint density at radius 3 is 2.61 bits per heavy atom. The molecule has 1 amide bonds. The molecule has 0 saturated carbocycles. The van der Waals surface area contributed by atoms with Gasteiger partial charge in [-0.15, -0.1) is 0 Å². The van der Waals surface area contributed by atoms with Crippen molar-refractivity contribution in [3.8, 4) is 5.75 Å². The Balaban J connectivity index is 1.98. The summed E-state index contributed by atoms with van der Waals surface area (Å²) in [4.78, 5) is 12.1. The molecule has 2 aromatic carbocycles. The molecule has 4 nitrogen and oxygen atoms in total. The summed E-state index contributed by atoms with van der Waals surface area (Å²) >= 11 is 0. The van der Waals surface area contributed by atoms with Gasteiger partial charge in [-0.05, 0) is 31.5 Å². The second-order valence-corrected chi connectivity index (χ2v) is 5.94. The van der Waals surface area contributed by atoms with Crippen LogP contribution in [0, 0.1) is 12.8 Å². The molecule has 0 radical (unpaired) electrons. The minimum atomic E-state index is -0.244. The van der Waals surface area contributed by atoms with E-state index in [0.717, 1.165) is 11.3 Å². The second-order valence-electron chi connectivity index (χ2n) is 5.94. The quantitative estimate of drug-likeness (QED) is 0.858. The Kier molecular flexibility index (Phi) is 5.77. The number of benzene rings is 2. The van der Waals surface area contributed by atoms with Gasteiger partial charge in [0.1, 0.15) is 12.4 Å². The molecule has 122 valence electrons. The fourth-order valence-electron chi connectivity index (χ4n) is 2.13. The molecule has 0 saturated heterocycles. The molecule has 0 aliphatic heterocycles. The molecule has 2 aromatic rings. The highest BCUT2D eigenvalue weighted by Gasteiger charge is 2.17. The third-order valence-electron chi connectivity index (χ3n) is 3.79. The van der Waals surface area contributed by atoms with Crippen molar-refractivity contribution in [1.29, 1.82) is 0 Å². The van der Waals surface area contributed by atoms with Gasteiger partial charge in [0, 0.05) is 17.8 Å². The molecule has 2 rings (SSSR count). The minimum absolute atomic E-state index is 0.0872. The van der Waals surface area contributed by atoms with Gasteiger partial charge in [0.2, 0.25) is 5.91 Å². The predicted molar refractivity (Wildman–Crippen MR) is 93.4 cm³/mol. The van der Waals surface area contributed by atoms with Crippen LogP contribution in [0.25, 0.3) is 0 Å². The fraction of sp³-hybridized carbons (Fsp3) is 0.316.